The summed E-state index contributed by atoms with van der Waals surface area (Å²) in [6, 6.07) is 16.5. The molecule has 4 rings (SSSR count). The van der Waals surface area contributed by atoms with Crippen LogP contribution in [0, 0.1) is 11.3 Å². The van der Waals surface area contributed by atoms with Crippen LogP contribution in [0.4, 0.5) is 10.6 Å². The third-order valence-electron chi connectivity index (χ3n) is 4.49. The van der Waals surface area contributed by atoms with Crippen LogP contribution in [-0.2, 0) is 7.05 Å². The molecule has 124 valence electrons. The molecule has 2 aromatic carbocycles. The van der Waals surface area contributed by atoms with E-state index in [1.165, 1.54) is 21.0 Å². The Bertz CT molecular complexity index is 1000. The van der Waals surface area contributed by atoms with E-state index >= 15 is 0 Å². The molecule has 3 aromatic rings. The van der Waals surface area contributed by atoms with Crippen LogP contribution < -0.4 is 10.6 Å². The molecule has 2 atom stereocenters. The molecule has 1 fully saturated rings. The molecule has 25 heavy (non-hydrogen) atoms. The van der Waals surface area contributed by atoms with Gasteiger partial charge in [0.05, 0.1) is 0 Å². The second-order valence-corrected chi connectivity index (χ2v) is 6.33. The fraction of sp³-hybridized carbons (Fsp3) is 0.211. The number of benzene rings is 2. The first-order chi connectivity index (χ1) is 12.1. The van der Waals surface area contributed by atoms with Crippen molar-refractivity contribution in [3.63, 3.8) is 0 Å². The number of carbonyl (C=O) groups is 1. The monoisotopic (exact) mass is 331 g/mol. The Morgan fingerprint density at radius 2 is 2.08 bits per heavy atom. The van der Waals surface area contributed by atoms with Crippen molar-refractivity contribution < 1.29 is 4.79 Å². The fourth-order valence-corrected chi connectivity index (χ4v) is 3.14. The second kappa shape index (κ2) is 5.95. The van der Waals surface area contributed by atoms with Crippen molar-refractivity contribution in [1.29, 1.82) is 5.26 Å². The van der Waals surface area contributed by atoms with Gasteiger partial charge in [-0.05, 0) is 22.8 Å². The first-order valence-corrected chi connectivity index (χ1v) is 8.14. The minimum Gasteiger partial charge on any atom is -0.334 e. The van der Waals surface area contributed by atoms with E-state index in [2.05, 4.69) is 46.1 Å². The maximum absolute atomic E-state index is 12.1. The van der Waals surface area contributed by atoms with Crippen LogP contribution in [0.3, 0.4) is 0 Å². The van der Waals surface area contributed by atoms with Crippen LogP contribution >= 0.6 is 0 Å². The molecule has 1 saturated carbocycles. The number of amides is 2. The average Bonchev–Trinajstić information content (AvgIpc) is 3.28. The number of aryl methyl sites for hydroxylation is 1. The number of urea groups is 1. The highest BCUT2D eigenvalue weighted by Gasteiger charge is 2.39. The summed E-state index contributed by atoms with van der Waals surface area (Å²) in [5.74, 6) is 0.611. The van der Waals surface area contributed by atoms with E-state index in [4.69, 9.17) is 5.26 Å². The molecule has 1 aliphatic carbocycles. The molecular formula is C19H17N5O. The van der Waals surface area contributed by atoms with Gasteiger partial charge in [-0.25, -0.2) is 4.79 Å². The lowest BCUT2D eigenvalue weighted by Crippen LogP contribution is -2.31. The number of fused-ring (bicyclic) bond motifs is 1. The van der Waals surface area contributed by atoms with Gasteiger partial charge in [0.15, 0.2) is 5.82 Å². The van der Waals surface area contributed by atoms with Gasteiger partial charge in [0, 0.05) is 25.2 Å². The largest absolute Gasteiger partial charge is 0.334 e. The zero-order valence-electron chi connectivity index (χ0n) is 13.7. The Morgan fingerprint density at radius 1 is 1.28 bits per heavy atom. The minimum atomic E-state index is -0.330. The van der Waals surface area contributed by atoms with Crippen molar-refractivity contribution in [2.45, 2.75) is 18.4 Å². The highest BCUT2D eigenvalue weighted by Crippen LogP contribution is 2.41. The lowest BCUT2D eigenvalue weighted by atomic mass is 10.0. The molecule has 1 aliphatic rings. The highest BCUT2D eigenvalue weighted by molar-refractivity contribution is 5.90. The smallest absolute Gasteiger partial charge is 0.320 e. The van der Waals surface area contributed by atoms with Gasteiger partial charge in [-0.1, -0.05) is 42.5 Å². The Hall–Kier alpha value is -3.33. The van der Waals surface area contributed by atoms with E-state index in [0.29, 0.717) is 11.5 Å². The Labute approximate surface area is 145 Å². The Morgan fingerprint density at radius 3 is 2.88 bits per heavy atom. The molecule has 2 amide bonds. The summed E-state index contributed by atoms with van der Waals surface area (Å²) in [5.41, 5.74) is 1.58. The predicted octanol–water partition coefficient (Wildman–Crippen LogP) is 3.12. The number of nitrogens with one attached hydrogen (secondary N) is 2. The standard InChI is InChI=1S/C19H17N5O/c1-24-11-15(10-20)18(23-24)22-19(25)21-17-9-16(17)14-7-6-12-4-2-3-5-13(12)8-14/h2-8,11,16-17H,9H2,1H3,(H2,21,22,23,25)/t16-,17+/m0/s1. The molecule has 6 nitrogen and oxygen atoms in total. The van der Waals surface area contributed by atoms with Crippen molar-refractivity contribution in [1.82, 2.24) is 15.1 Å². The lowest BCUT2D eigenvalue weighted by molar-refractivity contribution is 0.251. The number of nitriles is 1. The van der Waals surface area contributed by atoms with Crippen molar-refractivity contribution in [3.05, 3.63) is 59.8 Å². The topological polar surface area (TPSA) is 82.7 Å². The van der Waals surface area contributed by atoms with E-state index in [9.17, 15) is 4.79 Å². The van der Waals surface area contributed by atoms with E-state index in [1.807, 2.05) is 18.2 Å². The van der Waals surface area contributed by atoms with E-state index in [0.717, 1.165) is 6.42 Å². The first-order valence-electron chi connectivity index (χ1n) is 8.14. The maximum atomic E-state index is 12.1. The van der Waals surface area contributed by atoms with Gasteiger partial charge in [0.25, 0.3) is 0 Å². The summed E-state index contributed by atoms with van der Waals surface area (Å²) in [5, 5.41) is 21.2. The Balaban J connectivity index is 1.41. The zero-order valence-corrected chi connectivity index (χ0v) is 13.7. The molecule has 0 aliphatic heterocycles. The molecule has 6 heteroatoms. The molecule has 0 unspecified atom stereocenters. The van der Waals surface area contributed by atoms with Crippen LogP contribution in [0.5, 0.6) is 0 Å². The summed E-state index contributed by atoms with van der Waals surface area (Å²) < 4.78 is 1.50. The second-order valence-electron chi connectivity index (χ2n) is 6.33. The van der Waals surface area contributed by atoms with Crippen molar-refractivity contribution >= 4 is 22.6 Å². The average molecular weight is 331 g/mol. The number of carbonyl (C=O) groups excluding carboxylic acids is 1. The van der Waals surface area contributed by atoms with Gasteiger partial charge in [-0.3, -0.25) is 10.00 Å². The third kappa shape index (κ3) is 3.04. The van der Waals surface area contributed by atoms with Crippen LogP contribution in [0.1, 0.15) is 23.5 Å². The Kier molecular flexibility index (Phi) is 3.62. The summed E-state index contributed by atoms with van der Waals surface area (Å²) >= 11 is 0. The third-order valence-corrected chi connectivity index (χ3v) is 4.49. The van der Waals surface area contributed by atoms with Crippen molar-refractivity contribution in [3.8, 4) is 6.07 Å². The normalized spacial score (nSPS) is 18.6. The van der Waals surface area contributed by atoms with Gasteiger partial charge in [0.1, 0.15) is 11.6 Å². The fourth-order valence-electron chi connectivity index (χ4n) is 3.14. The SMILES string of the molecule is Cn1cc(C#N)c(NC(=O)N[C@@H]2C[C@H]2c2ccc3ccccc3c2)n1. The number of anilines is 1. The van der Waals surface area contributed by atoms with Crippen molar-refractivity contribution in [2.75, 3.05) is 5.32 Å². The van der Waals surface area contributed by atoms with Gasteiger partial charge in [-0.2, -0.15) is 10.4 Å². The summed E-state index contributed by atoms with van der Waals surface area (Å²) in [6.45, 7) is 0. The molecule has 0 bridgehead atoms. The molecule has 2 N–H and O–H groups in total. The van der Waals surface area contributed by atoms with Gasteiger partial charge in [0.2, 0.25) is 0 Å². The zero-order chi connectivity index (χ0) is 17.4. The van der Waals surface area contributed by atoms with Crippen molar-refractivity contribution in [2.24, 2.45) is 7.05 Å². The molecule has 0 saturated heterocycles. The van der Waals surface area contributed by atoms with Gasteiger partial charge < -0.3 is 5.32 Å². The van der Waals surface area contributed by atoms with Gasteiger partial charge >= 0.3 is 6.03 Å². The number of nitrogens with zero attached hydrogens (tertiary/aromatic N) is 3. The number of aromatic nitrogens is 2. The molecular weight excluding hydrogens is 314 g/mol. The molecule has 0 radical (unpaired) electrons. The number of rotatable bonds is 3. The van der Waals surface area contributed by atoms with Crippen LogP contribution in [-0.4, -0.2) is 21.9 Å². The predicted molar refractivity (Wildman–Crippen MR) is 95.2 cm³/mol. The lowest BCUT2D eigenvalue weighted by Gasteiger charge is -2.06. The molecule has 1 aromatic heterocycles. The number of hydrogen-bond donors (Lipinski definition) is 2. The molecule has 0 spiro atoms. The molecule has 1 heterocycles. The maximum Gasteiger partial charge on any atom is 0.320 e. The van der Waals surface area contributed by atoms with Crippen LogP contribution in [0.25, 0.3) is 10.8 Å². The van der Waals surface area contributed by atoms with E-state index in [-0.39, 0.29) is 17.9 Å². The van der Waals surface area contributed by atoms with Crippen LogP contribution in [0.15, 0.2) is 48.7 Å². The van der Waals surface area contributed by atoms with E-state index < -0.39 is 0 Å². The van der Waals surface area contributed by atoms with E-state index in [1.54, 1.807) is 13.2 Å². The van der Waals surface area contributed by atoms with Crippen LogP contribution in [0.2, 0.25) is 0 Å². The summed E-state index contributed by atoms with van der Waals surface area (Å²) in [4.78, 5) is 12.1. The highest BCUT2D eigenvalue weighted by atomic mass is 16.2. The van der Waals surface area contributed by atoms with Gasteiger partial charge in [-0.15, -0.1) is 0 Å². The summed E-state index contributed by atoms with van der Waals surface area (Å²) in [7, 11) is 1.71. The first kappa shape index (κ1) is 15.2. The quantitative estimate of drug-likeness (QED) is 0.773. The summed E-state index contributed by atoms with van der Waals surface area (Å²) in [6.07, 6.45) is 2.49. The number of hydrogen-bond acceptors (Lipinski definition) is 3. The minimum absolute atomic E-state index is 0.107.